The molecule has 1 aliphatic carbocycles. The van der Waals surface area contributed by atoms with E-state index in [0.717, 1.165) is 19.3 Å². The van der Waals surface area contributed by atoms with Gasteiger partial charge in [0, 0.05) is 19.0 Å². The van der Waals surface area contributed by atoms with Crippen LogP contribution >= 0.6 is 0 Å². The van der Waals surface area contributed by atoms with E-state index in [1.165, 1.54) is 4.68 Å². The summed E-state index contributed by atoms with van der Waals surface area (Å²) < 4.78 is 1.52. The van der Waals surface area contributed by atoms with E-state index in [1.54, 1.807) is 13.2 Å². The number of aryl methyl sites for hydroxylation is 1. The molecule has 0 spiro atoms. The summed E-state index contributed by atoms with van der Waals surface area (Å²) >= 11 is 0. The lowest BCUT2D eigenvalue weighted by molar-refractivity contribution is 0.0907. The number of rotatable bonds is 3. The van der Waals surface area contributed by atoms with E-state index in [9.17, 15) is 4.79 Å². The number of nitrogens with zero attached hydrogens (tertiary/aromatic N) is 3. The summed E-state index contributed by atoms with van der Waals surface area (Å²) in [6.45, 7) is 0. The molecule has 1 aromatic rings. The Hall–Kier alpha value is -1.23. The van der Waals surface area contributed by atoms with Crippen LogP contribution in [0.1, 0.15) is 36.2 Å². The zero-order valence-electron chi connectivity index (χ0n) is 8.23. The molecule has 2 rings (SSSR count). The molecule has 1 aliphatic rings. The maximum absolute atomic E-state index is 11.7. The van der Waals surface area contributed by atoms with Gasteiger partial charge < -0.3 is 5.73 Å². The minimum Gasteiger partial charge on any atom is -0.325 e. The Morgan fingerprint density at radius 2 is 2.43 bits per heavy atom. The number of ketones is 1. The highest BCUT2D eigenvalue weighted by Gasteiger charge is 2.35. The van der Waals surface area contributed by atoms with Crippen molar-refractivity contribution in [2.45, 2.75) is 31.2 Å². The van der Waals surface area contributed by atoms with Gasteiger partial charge in [0.15, 0.2) is 5.78 Å². The molecule has 2 N–H and O–H groups in total. The largest absolute Gasteiger partial charge is 0.325 e. The van der Waals surface area contributed by atoms with E-state index in [0.29, 0.717) is 12.1 Å². The number of aromatic nitrogens is 3. The Bertz CT molecular complexity index is 353. The molecule has 5 heteroatoms. The van der Waals surface area contributed by atoms with Gasteiger partial charge >= 0.3 is 0 Å². The monoisotopic (exact) mass is 194 g/mol. The van der Waals surface area contributed by atoms with E-state index >= 15 is 0 Å². The minimum absolute atomic E-state index is 0.000278. The number of hydrogen-bond acceptors (Lipinski definition) is 4. The fourth-order valence-corrected chi connectivity index (χ4v) is 1.69. The van der Waals surface area contributed by atoms with Crippen molar-refractivity contribution in [1.29, 1.82) is 0 Å². The van der Waals surface area contributed by atoms with Crippen LogP contribution in [-0.4, -0.2) is 26.3 Å². The minimum atomic E-state index is -0.269. The van der Waals surface area contributed by atoms with Gasteiger partial charge in [-0.1, -0.05) is 5.21 Å². The third-order valence-corrected chi connectivity index (χ3v) is 2.75. The smallest absolute Gasteiger partial charge is 0.186 e. The van der Waals surface area contributed by atoms with E-state index < -0.39 is 0 Å². The highest BCUT2D eigenvalue weighted by molar-refractivity contribution is 5.94. The Kier molecular flexibility index (Phi) is 2.11. The lowest BCUT2D eigenvalue weighted by atomic mass is 9.74. The molecule has 1 fully saturated rings. The standard InChI is InChI=1S/C9H14N4O/c1-13-6-7(11-12-13)8(14)5-9(10)3-2-4-9/h6H,2-5,10H2,1H3. The van der Waals surface area contributed by atoms with Gasteiger partial charge in [-0.2, -0.15) is 0 Å². The number of carbonyl (C=O) groups is 1. The molecule has 0 atom stereocenters. The zero-order valence-corrected chi connectivity index (χ0v) is 8.23. The summed E-state index contributed by atoms with van der Waals surface area (Å²) in [6, 6.07) is 0. The summed E-state index contributed by atoms with van der Waals surface area (Å²) in [5.41, 5.74) is 6.12. The molecule has 0 aliphatic heterocycles. The fraction of sp³-hybridized carbons (Fsp3) is 0.667. The second-order valence-corrected chi connectivity index (χ2v) is 4.09. The molecule has 0 amide bonds. The molecule has 0 radical (unpaired) electrons. The Balaban J connectivity index is 2.02. The molecule has 5 nitrogen and oxygen atoms in total. The molecule has 1 aromatic heterocycles. The summed E-state index contributed by atoms with van der Waals surface area (Å²) in [4.78, 5) is 11.7. The van der Waals surface area contributed by atoms with Crippen LogP contribution in [0.5, 0.6) is 0 Å². The first-order valence-electron chi connectivity index (χ1n) is 4.77. The fourth-order valence-electron chi connectivity index (χ4n) is 1.69. The number of nitrogens with two attached hydrogens (primary N) is 1. The average molecular weight is 194 g/mol. The van der Waals surface area contributed by atoms with E-state index in [2.05, 4.69) is 10.3 Å². The van der Waals surface area contributed by atoms with Crippen molar-refractivity contribution < 1.29 is 4.79 Å². The molecule has 1 heterocycles. The lowest BCUT2D eigenvalue weighted by Crippen LogP contribution is -2.48. The molecular weight excluding hydrogens is 180 g/mol. The zero-order chi connectivity index (χ0) is 10.2. The summed E-state index contributed by atoms with van der Waals surface area (Å²) in [6.07, 6.45) is 5.04. The highest BCUT2D eigenvalue weighted by atomic mass is 16.1. The highest BCUT2D eigenvalue weighted by Crippen LogP contribution is 2.32. The molecule has 0 unspecified atom stereocenters. The summed E-state index contributed by atoms with van der Waals surface area (Å²) in [7, 11) is 1.74. The molecular formula is C9H14N4O. The first kappa shape index (κ1) is 9.33. The van der Waals surface area contributed by atoms with E-state index in [-0.39, 0.29) is 11.3 Å². The van der Waals surface area contributed by atoms with Gasteiger partial charge in [-0.3, -0.25) is 9.48 Å². The Morgan fingerprint density at radius 3 is 2.86 bits per heavy atom. The van der Waals surface area contributed by atoms with Gasteiger partial charge in [-0.05, 0) is 19.3 Å². The van der Waals surface area contributed by atoms with Crippen molar-refractivity contribution in [3.05, 3.63) is 11.9 Å². The third kappa shape index (κ3) is 1.68. The van der Waals surface area contributed by atoms with Gasteiger partial charge in [0.05, 0.1) is 6.20 Å². The lowest BCUT2D eigenvalue weighted by Gasteiger charge is -2.37. The normalized spacial score (nSPS) is 19.0. The number of Topliss-reactive ketones (excluding diaryl/α,β-unsaturated/α-hetero) is 1. The molecule has 0 bridgehead atoms. The van der Waals surface area contributed by atoms with Crippen LogP contribution in [0.15, 0.2) is 6.20 Å². The second-order valence-electron chi connectivity index (χ2n) is 4.09. The second kappa shape index (κ2) is 3.16. The van der Waals surface area contributed by atoms with Gasteiger partial charge in [-0.25, -0.2) is 0 Å². The quantitative estimate of drug-likeness (QED) is 0.701. The predicted molar refractivity (Wildman–Crippen MR) is 50.7 cm³/mol. The summed E-state index contributed by atoms with van der Waals surface area (Å²) in [5.74, 6) is 0.000278. The van der Waals surface area contributed by atoms with E-state index in [1.807, 2.05) is 0 Å². The Labute approximate surface area is 82.3 Å². The molecule has 76 valence electrons. The molecule has 1 saturated carbocycles. The van der Waals surface area contributed by atoms with Crippen molar-refractivity contribution >= 4 is 5.78 Å². The van der Waals surface area contributed by atoms with Crippen molar-refractivity contribution in [2.75, 3.05) is 0 Å². The number of carbonyl (C=O) groups excluding carboxylic acids is 1. The van der Waals surface area contributed by atoms with E-state index in [4.69, 9.17) is 5.73 Å². The first-order valence-corrected chi connectivity index (χ1v) is 4.77. The topological polar surface area (TPSA) is 73.8 Å². The maximum atomic E-state index is 11.7. The number of hydrogen-bond donors (Lipinski definition) is 1. The van der Waals surface area contributed by atoms with Gasteiger partial charge in [0.1, 0.15) is 5.69 Å². The third-order valence-electron chi connectivity index (χ3n) is 2.75. The molecule has 0 aromatic carbocycles. The predicted octanol–water partition coefficient (Wildman–Crippen LogP) is 0.269. The van der Waals surface area contributed by atoms with Crippen molar-refractivity contribution in [2.24, 2.45) is 12.8 Å². The van der Waals surface area contributed by atoms with Crippen LogP contribution in [0.2, 0.25) is 0 Å². The molecule has 14 heavy (non-hydrogen) atoms. The molecule has 0 saturated heterocycles. The maximum Gasteiger partial charge on any atom is 0.186 e. The first-order chi connectivity index (χ1) is 6.59. The van der Waals surface area contributed by atoms with Crippen molar-refractivity contribution in [3.63, 3.8) is 0 Å². The van der Waals surface area contributed by atoms with Crippen LogP contribution in [-0.2, 0) is 7.05 Å². The van der Waals surface area contributed by atoms with Crippen molar-refractivity contribution in [1.82, 2.24) is 15.0 Å². The van der Waals surface area contributed by atoms with Gasteiger partial charge in [0.25, 0.3) is 0 Å². The summed E-state index contributed by atoms with van der Waals surface area (Å²) in [5, 5.41) is 7.48. The van der Waals surface area contributed by atoms with Crippen LogP contribution in [0.4, 0.5) is 0 Å². The van der Waals surface area contributed by atoms with Gasteiger partial charge in [-0.15, -0.1) is 5.10 Å². The van der Waals surface area contributed by atoms with Crippen LogP contribution in [0, 0.1) is 0 Å². The van der Waals surface area contributed by atoms with Crippen LogP contribution in [0.25, 0.3) is 0 Å². The average Bonchev–Trinajstić information content (AvgIpc) is 2.49. The van der Waals surface area contributed by atoms with Crippen molar-refractivity contribution in [3.8, 4) is 0 Å². The van der Waals surface area contributed by atoms with Crippen LogP contribution < -0.4 is 5.73 Å². The SMILES string of the molecule is Cn1cc(C(=O)CC2(N)CCC2)nn1. The van der Waals surface area contributed by atoms with Crippen LogP contribution in [0.3, 0.4) is 0 Å². The van der Waals surface area contributed by atoms with Gasteiger partial charge in [0.2, 0.25) is 0 Å². The Morgan fingerprint density at radius 1 is 1.71 bits per heavy atom.